The lowest BCUT2D eigenvalue weighted by atomic mass is 9.98. The summed E-state index contributed by atoms with van der Waals surface area (Å²) < 4.78 is 5.41. The van der Waals surface area contributed by atoms with Crippen LogP contribution in [0.25, 0.3) is 0 Å². The number of pyridine rings is 2. The van der Waals surface area contributed by atoms with Crippen molar-refractivity contribution in [3.05, 3.63) is 47.8 Å². The Morgan fingerprint density at radius 3 is 2.59 bits per heavy atom. The lowest BCUT2D eigenvalue weighted by molar-refractivity contribution is -0.139. The maximum Gasteiger partial charge on any atom is 0.226 e. The maximum atomic E-state index is 13.0. The molecule has 1 atom stereocenters. The number of hydrogen-bond donors (Lipinski definition) is 1. The van der Waals surface area contributed by atoms with E-state index in [0.717, 1.165) is 55.3 Å². The highest BCUT2D eigenvalue weighted by atomic mass is 16.5. The summed E-state index contributed by atoms with van der Waals surface area (Å²) >= 11 is 0. The molecule has 0 aliphatic carbocycles. The van der Waals surface area contributed by atoms with Gasteiger partial charge in [0.1, 0.15) is 11.6 Å². The quantitative estimate of drug-likeness (QED) is 0.895. The number of rotatable bonds is 4. The Morgan fingerprint density at radius 2 is 1.81 bits per heavy atom. The van der Waals surface area contributed by atoms with E-state index >= 15 is 0 Å². The number of ether oxygens (including phenoxy) is 1. The maximum absolute atomic E-state index is 13.0. The van der Waals surface area contributed by atoms with Crippen molar-refractivity contribution in [3.63, 3.8) is 0 Å². The van der Waals surface area contributed by atoms with Crippen molar-refractivity contribution >= 4 is 17.5 Å². The van der Waals surface area contributed by atoms with Crippen LogP contribution in [-0.2, 0) is 9.53 Å². The van der Waals surface area contributed by atoms with E-state index in [9.17, 15) is 4.79 Å². The molecule has 1 N–H and O–H groups in total. The average Bonchev–Trinajstić information content (AvgIpc) is 3.18. The van der Waals surface area contributed by atoms with E-state index in [-0.39, 0.29) is 17.9 Å². The second kappa shape index (κ2) is 8.05. The van der Waals surface area contributed by atoms with E-state index in [0.29, 0.717) is 13.2 Å². The van der Waals surface area contributed by atoms with Crippen LogP contribution < -0.4 is 5.32 Å². The summed E-state index contributed by atoms with van der Waals surface area (Å²) in [6.07, 6.45) is 3.65. The van der Waals surface area contributed by atoms with Gasteiger partial charge in [0, 0.05) is 31.4 Å². The van der Waals surface area contributed by atoms with Gasteiger partial charge in [-0.05, 0) is 56.9 Å². The first kappa shape index (κ1) is 17.9. The van der Waals surface area contributed by atoms with E-state index < -0.39 is 0 Å². The van der Waals surface area contributed by atoms with Gasteiger partial charge in [-0.25, -0.2) is 9.97 Å². The Hall–Kier alpha value is -2.47. The number of aryl methyl sites for hydroxylation is 1. The van der Waals surface area contributed by atoms with Crippen LogP contribution in [0.4, 0.5) is 11.6 Å². The normalized spacial score (nSPS) is 20.6. The van der Waals surface area contributed by atoms with Gasteiger partial charge >= 0.3 is 0 Å². The molecule has 4 rings (SSSR count). The van der Waals surface area contributed by atoms with E-state index in [2.05, 4.69) is 10.3 Å². The third-order valence-electron chi connectivity index (χ3n) is 5.36. The Bertz CT molecular complexity index is 804. The second-order valence-corrected chi connectivity index (χ2v) is 7.31. The number of anilines is 2. The van der Waals surface area contributed by atoms with E-state index in [1.54, 1.807) is 0 Å². The average molecular weight is 366 g/mol. The number of carbonyl (C=O) groups is 1. The molecule has 142 valence electrons. The molecule has 2 saturated heterocycles. The summed E-state index contributed by atoms with van der Waals surface area (Å²) in [5, 5.41) is 3.27. The molecule has 1 unspecified atom stereocenters. The van der Waals surface area contributed by atoms with Gasteiger partial charge in [0.2, 0.25) is 5.91 Å². The summed E-state index contributed by atoms with van der Waals surface area (Å²) in [5.41, 5.74) is 1.91. The summed E-state index contributed by atoms with van der Waals surface area (Å²) in [7, 11) is 0. The van der Waals surface area contributed by atoms with Crippen molar-refractivity contribution in [3.8, 4) is 0 Å². The van der Waals surface area contributed by atoms with Gasteiger partial charge in [-0.15, -0.1) is 0 Å². The predicted molar refractivity (Wildman–Crippen MR) is 104 cm³/mol. The molecular weight excluding hydrogens is 340 g/mol. The number of amides is 1. The van der Waals surface area contributed by atoms with Gasteiger partial charge in [0.05, 0.1) is 11.7 Å². The minimum absolute atomic E-state index is 0.0626. The van der Waals surface area contributed by atoms with Crippen molar-refractivity contribution in [2.24, 2.45) is 5.92 Å². The van der Waals surface area contributed by atoms with E-state index in [1.165, 1.54) is 0 Å². The molecule has 2 aromatic rings. The van der Waals surface area contributed by atoms with Crippen LogP contribution in [0.3, 0.4) is 0 Å². The summed E-state index contributed by atoms with van der Waals surface area (Å²) in [5.74, 6) is 1.90. The molecule has 2 aliphatic rings. The Morgan fingerprint density at radius 1 is 1.07 bits per heavy atom. The van der Waals surface area contributed by atoms with Gasteiger partial charge < -0.3 is 15.0 Å². The van der Waals surface area contributed by atoms with Crippen LogP contribution >= 0.6 is 0 Å². The molecule has 1 amide bonds. The van der Waals surface area contributed by atoms with E-state index in [4.69, 9.17) is 9.72 Å². The Labute approximate surface area is 160 Å². The fourth-order valence-electron chi connectivity index (χ4n) is 3.97. The molecule has 27 heavy (non-hydrogen) atoms. The minimum atomic E-state index is 0.0626. The number of carbonyl (C=O) groups excluding carboxylic acids is 1. The molecule has 0 bridgehead atoms. The zero-order valence-corrected chi connectivity index (χ0v) is 15.7. The zero-order chi connectivity index (χ0) is 18.6. The van der Waals surface area contributed by atoms with Crippen LogP contribution in [0.1, 0.15) is 43.1 Å². The molecule has 6 nitrogen and oxygen atoms in total. The third-order valence-corrected chi connectivity index (χ3v) is 5.36. The smallest absolute Gasteiger partial charge is 0.226 e. The molecule has 4 heterocycles. The van der Waals surface area contributed by atoms with Crippen molar-refractivity contribution in [2.75, 3.05) is 25.1 Å². The fraction of sp³-hybridized carbons (Fsp3) is 0.476. The first-order valence-corrected chi connectivity index (χ1v) is 9.76. The van der Waals surface area contributed by atoms with Crippen LogP contribution in [-0.4, -0.2) is 40.5 Å². The van der Waals surface area contributed by atoms with Crippen molar-refractivity contribution in [1.82, 2.24) is 14.9 Å². The monoisotopic (exact) mass is 366 g/mol. The highest BCUT2D eigenvalue weighted by molar-refractivity contribution is 5.79. The minimum Gasteiger partial charge on any atom is -0.381 e. The lowest BCUT2D eigenvalue weighted by Crippen LogP contribution is -2.38. The second-order valence-electron chi connectivity index (χ2n) is 7.31. The van der Waals surface area contributed by atoms with Crippen LogP contribution in [0, 0.1) is 12.8 Å². The molecule has 0 saturated carbocycles. The molecular formula is C21H26N4O2. The molecule has 0 radical (unpaired) electrons. The van der Waals surface area contributed by atoms with Gasteiger partial charge in [-0.1, -0.05) is 12.1 Å². The largest absolute Gasteiger partial charge is 0.381 e. The molecule has 6 heteroatoms. The lowest BCUT2D eigenvalue weighted by Gasteiger charge is -2.30. The zero-order valence-electron chi connectivity index (χ0n) is 15.7. The third kappa shape index (κ3) is 4.11. The van der Waals surface area contributed by atoms with Gasteiger partial charge in [-0.3, -0.25) is 4.79 Å². The van der Waals surface area contributed by atoms with Crippen LogP contribution in [0.2, 0.25) is 0 Å². The number of nitrogens with one attached hydrogen (secondary N) is 1. The highest BCUT2D eigenvalue weighted by Gasteiger charge is 2.35. The van der Waals surface area contributed by atoms with Crippen LogP contribution in [0.5, 0.6) is 0 Å². The molecule has 2 aliphatic heterocycles. The topological polar surface area (TPSA) is 67.4 Å². The van der Waals surface area contributed by atoms with Crippen molar-refractivity contribution in [1.29, 1.82) is 0 Å². The molecule has 0 spiro atoms. The standard InChI is InChI=1S/C21H26N4O2/c1-15-5-2-8-19(22-15)24-20-9-3-6-17(23-20)18-7-4-12-25(18)21(26)16-10-13-27-14-11-16/h2-3,5-6,8-9,16,18H,4,7,10-14H2,1H3,(H,22,23,24). The predicted octanol–water partition coefficient (Wildman–Crippen LogP) is 3.62. The SMILES string of the molecule is Cc1cccc(Nc2cccc(C3CCCN3C(=O)C3CCOCC3)n2)n1. The molecule has 0 aromatic carbocycles. The van der Waals surface area contributed by atoms with Crippen molar-refractivity contribution < 1.29 is 9.53 Å². The highest BCUT2D eigenvalue weighted by Crippen LogP contribution is 2.34. The Balaban J connectivity index is 1.51. The molecule has 2 aromatic heterocycles. The van der Waals surface area contributed by atoms with Crippen LogP contribution in [0.15, 0.2) is 36.4 Å². The fourth-order valence-corrected chi connectivity index (χ4v) is 3.97. The summed E-state index contributed by atoms with van der Waals surface area (Å²) in [4.78, 5) is 24.3. The first-order chi connectivity index (χ1) is 13.2. The van der Waals surface area contributed by atoms with Gasteiger partial charge in [0.15, 0.2) is 0 Å². The number of nitrogens with zero attached hydrogens (tertiary/aromatic N) is 3. The molecule has 2 fully saturated rings. The van der Waals surface area contributed by atoms with Gasteiger partial charge in [-0.2, -0.15) is 0 Å². The number of aromatic nitrogens is 2. The van der Waals surface area contributed by atoms with Gasteiger partial charge in [0.25, 0.3) is 0 Å². The van der Waals surface area contributed by atoms with E-state index in [1.807, 2.05) is 48.2 Å². The number of hydrogen-bond acceptors (Lipinski definition) is 5. The summed E-state index contributed by atoms with van der Waals surface area (Å²) in [6.45, 7) is 4.17. The van der Waals surface area contributed by atoms with Crippen molar-refractivity contribution in [2.45, 2.75) is 38.6 Å². The Kier molecular flexibility index (Phi) is 5.34. The number of likely N-dealkylation sites (tertiary alicyclic amines) is 1. The first-order valence-electron chi connectivity index (χ1n) is 9.76. The summed E-state index contributed by atoms with van der Waals surface area (Å²) in [6, 6.07) is 11.9.